The molecule has 0 aliphatic heterocycles. The molecule has 0 unspecified atom stereocenters. The van der Waals surface area contributed by atoms with E-state index in [4.69, 9.17) is 6.42 Å². The van der Waals surface area contributed by atoms with Crippen LogP contribution in [0.5, 0.6) is 0 Å². The van der Waals surface area contributed by atoms with Gasteiger partial charge in [0.1, 0.15) is 0 Å². The predicted molar refractivity (Wildman–Crippen MR) is 34.7 cm³/mol. The number of hydrogen-bond acceptors (Lipinski definition) is 2. The molecule has 0 saturated heterocycles. The highest BCUT2D eigenvalue weighted by Crippen LogP contribution is 1.94. The van der Waals surface area contributed by atoms with Crippen LogP contribution in [0.15, 0.2) is 0 Å². The lowest BCUT2D eigenvalue weighted by atomic mass is 10.3. The van der Waals surface area contributed by atoms with E-state index in [0.717, 1.165) is 0 Å². The third kappa shape index (κ3) is 3.60. The monoisotopic (exact) mass is 126 g/mol. The minimum absolute atomic E-state index is 0.320. The molecule has 0 aromatic heterocycles. The van der Waals surface area contributed by atoms with Crippen LogP contribution in [0.4, 0.5) is 0 Å². The molecule has 50 valence electrons. The van der Waals surface area contributed by atoms with Gasteiger partial charge in [0, 0.05) is 6.92 Å². The topological polar surface area (TPSA) is 26.3 Å². The Morgan fingerprint density at radius 1 is 1.89 bits per heavy atom. The largest absolute Gasteiger partial charge is 0.449 e. The van der Waals surface area contributed by atoms with Gasteiger partial charge >= 0.3 is 5.97 Å². The van der Waals surface area contributed by atoms with Gasteiger partial charge in [-0.15, -0.1) is 6.42 Å². The molecule has 0 radical (unpaired) electrons. The van der Waals surface area contributed by atoms with Crippen LogP contribution in [0.3, 0.4) is 0 Å². The Morgan fingerprint density at radius 3 is 2.56 bits per heavy atom. The van der Waals surface area contributed by atoms with E-state index in [2.05, 4.69) is 10.7 Å². The molecule has 0 aliphatic carbocycles. The fourth-order valence-corrected chi connectivity index (χ4v) is 0.436. The Bertz CT molecular complexity index is 132. The highest BCUT2D eigenvalue weighted by molar-refractivity contribution is 5.66. The Hall–Kier alpha value is -0.970. The van der Waals surface area contributed by atoms with Gasteiger partial charge in [-0.1, -0.05) is 12.8 Å². The van der Waals surface area contributed by atoms with Crippen LogP contribution >= 0.6 is 0 Å². The zero-order valence-electron chi connectivity index (χ0n) is 5.68. The predicted octanol–water partition coefficient (Wildman–Crippen LogP) is 0.961. The van der Waals surface area contributed by atoms with Crippen molar-refractivity contribution in [2.45, 2.75) is 26.4 Å². The summed E-state index contributed by atoms with van der Waals surface area (Å²) in [5.41, 5.74) is 0. The zero-order valence-corrected chi connectivity index (χ0v) is 5.68. The molecule has 0 aliphatic rings. The minimum atomic E-state index is -0.345. The summed E-state index contributed by atoms with van der Waals surface area (Å²) in [6, 6.07) is 0. The molecular weight excluding hydrogens is 116 g/mol. The maximum absolute atomic E-state index is 10.3. The third-order valence-corrected chi connectivity index (χ3v) is 0.865. The van der Waals surface area contributed by atoms with Crippen molar-refractivity contribution in [1.82, 2.24) is 0 Å². The van der Waals surface area contributed by atoms with E-state index in [-0.39, 0.29) is 12.1 Å². The second kappa shape index (κ2) is 3.96. The highest BCUT2D eigenvalue weighted by atomic mass is 16.5. The number of esters is 1. The van der Waals surface area contributed by atoms with E-state index < -0.39 is 0 Å². The second-order valence-electron chi connectivity index (χ2n) is 1.67. The van der Waals surface area contributed by atoms with Crippen molar-refractivity contribution in [2.24, 2.45) is 0 Å². The van der Waals surface area contributed by atoms with Gasteiger partial charge in [-0.05, 0) is 6.42 Å². The number of terminal acetylenes is 1. The van der Waals surface area contributed by atoms with Crippen LogP contribution < -0.4 is 0 Å². The van der Waals surface area contributed by atoms with E-state index >= 15 is 0 Å². The van der Waals surface area contributed by atoms with Crippen LogP contribution in [0.1, 0.15) is 20.3 Å². The molecule has 0 amide bonds. The summed E-state index contributed by atoms with van der Waals surface area (Å²) in [5.74, 6) is 2.02. The number of rotatable bonds is 2. The first kappa shape index (κ1) is 8.03. The summed E-state index contributed by atoms with van der Waals surface area (Å²) in [7, 11) is 0. The molecule has 0 bridgehead atoms. The number of hydrogen-bond donors (Lipinski definition) is 0. The van der Waals surface area contributed by atoms with E-state index in [9.17, 15) is 4.79 Å². The van der Waals surface area contributed by atoms with Crippen molar-refractivity contribution < 1.29 is 9.53 Å². The number of ether oxygens (including phenoxy) is 1. The molecule has 0 aromatic rings. The van der Waals surface area contributed by atoms with Crippen molar-refractivity contribution in [3.63, 3.8) is 0 Å². The summed E-state index contributed by atoms with van der Waals surface area (Å²) in [4.78, 5) is 10.3. The lowest BCUT2D eigenvalue weighted by Gasteiger charge is -2.05. The number of carbonyl (C=O) groups excluding carboxylic acids is 1. The average molecular weight is 126 g/mol. The van der Waals surface area contributed by atoms with Crippen LogP contribution in [0, 0.1) is 12.3 Å². The summed E-state index contributed by atoms with van der Waals surface area (Å²) >= 11 is 0. The van der Waals surface area contributed by atoms with Crippen LogP contribution in [-0.2, 0) is 9.53 Å². The Kier molecular flexibility index (Phi) is 3.54. The van der Waals surface area contributed by atoms with Gasteiger partial charge in [-0.25, -0.2) is 0 Å². The van der Waals surface area contributed by atoms with Crippen molar-refractivity contribution in [3.8, 4) is 12.3 Å². The molecule has 0 fully saturated rings. The minimum Gasteiger partial charge on any atom is -0.449 e. The van der Waals surface area contributed by atoms with Crippen molar-refractivity contribution in [2.75, 3.05) is 0 Å². The number of carbonyl (C=O) groups is 1. The van der Waals surface area contributed by atoms with Crippen molar-refractivity contribution in [3.05, 3.63) is 0 Å². The van der Waals surface area contributed by atoms with Gasteiger partial charge in [0.15, 0.2) is 6.10 Å². The quantitative estimate of drug-likeness (QED) is 0.407. The molecular formula is C7H10O2. The normalized spacial score (nSPS) is 11.7. The van der Waals surface area contributed by atoms with E-state index in [0.29, 0.717) is 6.42 Å². The average Bonchev–Trinajstić information content (AvgIpc) is 1.82. The van der Waals surface area contributed by atoms with Crippen LogP contribution in [0.25, 0.3) is 0 Å². The van der Waals surface area contributed by atoms with Crippen molar-refractivity contribution in [1.29, 1.82) is 0 Å². The fourth-order valence-electron chi connectivity index (χ4n) is 0.436. The maximum atomic E-state index is 10.3. The molecule has 2 nitrogen and oxygen atoms in total. The van der Waals surface area contributed by atoms with Gasteiger partial charge in [0.2, 0.25) is 0 Å². The van der Waals surface area contributed by atoms with E-state index in [1.807, 2.05) is 6.92 Å². The SMILES string of the molecule is C#C[C@@H](CC)OC(C)=O. The standard InChI is InChI=1S/C7H10O2/c1-4-7(5-2)9-6(3)8/h1,7H,5H2,2-3H3/t7-/m0/s1. The molecule has 0 N–H and O–H groups in total. The highest BCUT2D eigenvalue weighted by Gasteiger charge is 2.02. The van der Waals surface area contributed by atoms with Gasteiger partial charge in [-0.3, -0.25) is 4.79 Å². The summed E-state index contributed by atoms with van der Waals surface area (Å²) < 4.78 is 4.67. The lowest BCUT2D eigenvalue weighted by Crippen LogP contribution is -2.12. The second-order valence-corrected chi connectivity index (χ2v) is 1.67. The molecule has 0 saturated carbocycles. The summed E-state index contributed by atoms with van der Waals surface area (Å²) in [5, 5.41) is 0. The Balaban J connectivity index is 3.60. The molecule has 0 heterocycles. The molecule has 1 atom stereocenters. The maximum Gasteiger partial charge on any atom is 0.303 e. The lowest BCUT2D eigenvalue weighted by molar-refractivity contribution is -0.143. The Morgan fingerprint density at radius 2 is 2.44 bits per heavy atom. The van der Waals surface area contributed by atoms with Gasteiger partial charge in [0.25, 0.3) is 0 Å². The molecule has 2 heteroatoms. The Labute approximate surface area is 55.2 Å². The summed E-state index contributed by atoms with van der Waals surface area (Å²) in [6.07, 6.45) is 5.34. The first-order valence-corrected chi connectivity index (χ1v) is 2.84. The molecule has 0 aromatic carbocycles. The first-order valence-electron chi connectivity index (χ1n) is 2.84. The molecule has 0 spiro atoms. The molecule has 9 heavy (non-hydrogen) atoms. The van der Waals surface area contributed by atoms with Crippen LogP contribution in [-0.4, -0.2) is 12.1 Å². The van der Waals surface area contributed by atoms with E-state index in [1.54, 1.807) is 0 Å². The van der Waals surface area contributed by atoms with Gasteiger partial charge in [-0.2, -0.15) is 0 Å². The van der Waals surface area contributed by atoms with Gasteiger partial charge in [0.05, 0.1) is 0 Å². The van der Waals surface area contributed by atoms with Gasteiger partial charge < -0.3 is 4.74 Å². The fraction of sp³-hybridized carbons (Fsp3) is 0.571. The van der Waals surface area contributed by atoms with Crippen LogP contribution in [0.2, 0.25) is 0 Å². The smallest absolute Gasteiger partial charge is 0.303 e. The van der Waals surface area contributed by atoms with Crippen molar-refractivity contribution >= 4 is 5.97 Å². The summed E-state index contributed by atoms with van der Waals surface area (Å²) in [6.45, 7) is 3.22. The zero-order chi connectivity index (χ0) is 7.28. The van der Waals surface area contributed by atoms with E-state index in [1.165, 1.54) is 6.92 Å². The molecule has 0 rings (SSSR count). The third-order valence-electron chi connectivity index (χ3n) is 0.865. The first-order chi connectivity index (χ1) is 4.20.